The van der Waals surface area contributed by atoms with Crippen molar-refractivity contribution in [1.82, 2.24) is 10.3 Å². The van der Waals surface area contributed by atoms with Crippen molar-refractivity contribution < 1.29 is 24.8 Å². The first-order valence-electron chi connectivity index (χ1n) is 8.31. The molecule has 7 heteroatoms. The Kier molecular flexibility index (Phi) is 5.43. The Labute approximate surface area is 145 Å². The Bertz CT molecular complexity index is 752. The maximum absolute atomic E-state index is 12.4. The highest BCUT2D eigenvalue weighted by molar-refractivity contribution is 5.97. The van der Waals surface area contributed by atoms with Crippen molar-refractivity contribution in [3.8, 4) is 5.75 Å². The Balaban J connectivity index is 0.00000243. The van der Waals surface area contributed by atoms with E-state index in [0.717, 1.165) is 25.7 Å². The van der Waals surface area contributed by atoms with Crippen LogP contribution in [0.3, 0.4) is 0 Å². The summed E-state index contributed by atoms with van der Waals surface area (Å²) in [6.07, 6.45) is 4.95. The second-order valence-electron chi connectivity index (χ2n) is 6.33. The van der Waals surface area contributed by atoms with Crippen LogP contribution < -0.4 is 10.1 Å². The molecular weight excluding hydrogens is 330 g/mol. The summed E-state index contributed by atoms with van der Waals surface area (Å²) in [5, 5.41) is 12.8. The summed E-state index contributed by atoms with van der Waals surface area (Å²) in [5.74, 6) is 0.169. The zero-order valence-corrected chi connectivity index (χ0v) is 13.6. The highest BCUT2D eigenvalue weighted by Crippen LogP contribution is 2.25. The molecule has 5 nitrogen and oxygen atoms in total. The van der Waals surface area contributed by atoms with Gasteiger partial charge in [0.25, 0.3) is 5.91 Å². The highest BCUT2D eigenvalue weighted by atomic mass is 19.3. The van der Waals surface area contributed by atoms with E-state index in [1.807, 2.05) is 0 Å². The molecule has 136 valence electrons. The quantitative estimate of drug-likeness (QED) is 0.866. The molecule has 0 aliphatic heterocycles. The van der Waals surface area contributed by atoms with Crippen LogP contribution in [0.4, 0.5) is 8.78 Å². The fraction of sp³-hybridized carbons (Fsp3) is 0.444. The van der Waals surface area contributed by atoms with Gasteiger partial charge in [-0.2, -0.15) is 8.78 Å². The van der Waals surface area contributed by atoms with Crippen molar-refractivity contribution in [2.24, 2.45) is 5.92 Å². The summed E-state index contributed by atoms with van der Waals surface area (Å²) in [5.41, 5.74) is 0.914. The van der Waals surface area contributed by atoms with Crippen LogP contribution >= 0.6 is 0 Å². The molecule has 3 rings (SSSR count). The number of nitrogens with zero attached hydrogens (tertiary/aromatic N) is 1. The molecule has 25 heavy (non-hydrogen) atoms. The molecule has 2 N–H and O–H groups in total. The van der Waals surface area contributed by atoms with E-state index in [4.69, 9.17) is 5.11 Å². The van der Waals surface area contributed by atoms with Crippen LogP contribution in [-0.2, 0) is 0 Å². The minimum Gasteiger partial charge on any atom is -0.435 e. The van der Waals surface area contributed by atoms with E-state index in [9.17, 15) is 13.6 Å². The number of rotatable bonds is 5. The lowest BCUT2D eigenvalue weighted by Crippen LogP contribution is -2.38. The average Bonchev–Trinajstić information content (AvgIpc) is 2.61. The molecule has 1 aromatic carbocycles. The lowest BCUT2D eigenvalue weighted by atomic mass is 9.86. The van der Waals surface area contributed by atoms with E-state index < -0.39 is 6.61 Å². The number of hydrogen-bond donors (Lipinski definition) is 2. The van der Waals surface area contributed by atoms with Crippen LogP contribution in [0.1, 0.15) is 37.5 Å². The Morgan fingerprint density at radius 2 is 2.08 bits per heavy atom. The van der Waals surface area contributed by atoms with Crippen LogP contribution in [0.25, 0.3) is 10.9 Å². The van der Waals surface area contributed by atoms with E-state index in [1.165, 1.54) is 18.3 Å². The molecule has 0 saturated heterocycles. The standard InChI is InChI=1S/C18H20F2N2O3.H2/c19-18(20)25-15-6-3-12-7-13(9-21-16(12)8-15)17(24)22-14-4-1-11(10-23)2-5-14;/h3,6-9,11,14,18,23H,1-2,4-5,10H2,(H,22,24);1H. The third-order valence-corrected chi connectivity index (χ3v) is 4.58. The summed E-state index contributed by atoms with van der Waals surface area (Å²) in [6.45, 7) is -2.68. The SMILES string of the molecule is O=C(NC1CCC(CO)CC1)c1cnc2cc(OC(F)F)ccc2c1.[HH]. The van der Waals surface area contributed by atoms with Gasteiger partial charge in [0, 0.05) is 31.7 Å². The van der Waals surface area contributed by atoms with Gasteiger partial charge in [0.05, 0.1) is 11.1 Å². The zero-order valence-electron chi connectivity index (χ0n) is 13.6. The van der Waals surface area contributed by atoms with Gasteiger partial charge < -0.3 is 15.2 Å². The fourth-order valence-corrected chi connectivity index (χ4v) is 3.16. The smallest absolute Gasteiger partial charge is 0.387 e. The molecule has 0 atom stereocenters. The summed E-state index contributed by atoms with van der Waals surface area (Å²) in [7, 11) is 0. The maximum atomic E-state index is 12.4. The van der Waals surface area contributed by atoms with Gasteiger partial charge >= 0.3 is 6.61 Å². The molecule has 2 aromatic rings. The number of nitrogens with one attached hydrogen (secondary N) is 1. The predicted octanol–water partition coefficient (Wildman–Crippen LogP) is 3.36. The first kappa shape index (κ1) is 17.5. The van der Waals surface area contributed by atoms with Crippen molar-refractivity contribution in [3.05, 3.63) is 36.0 Å². The molecule has 1 aliphatic carbocycles. The van der Waals surface area contributed by atoms with E-state index in [1.54, 1.807) is 12.1 Å². The summed E-state index contributed by atoms with van der Waals surface area (Å²) < 4.78 is 28.8. The molecule has 1 aromatic heterocycles. The van der Waals surface area contributed by atoms with E-state index in [-0.39, 0.29) is 25.7 Å². The van der Waals surface area contributed by atoms with Gasteiger partial charge in [0.15, 0.2) is 0 Å². The number of halogens is 2. The van der Waals surface area contributed by atoms with Gasteiger partial charge in [0.1, 0.15) is 5.75 Å². The topological polar surface area (TPSA) is 71.5 Å². The zero-order chi connectivity index (χ0) is 17.8. The minimum atomic E-state index is -2.89. The van der Waals surface area contributed by atoms with E-state index in [0.29, 0.717) is 22.4 Å². The first-order chi connectivity index (χ1) is 12.0. The van der Waals surface area contributed by atoms with Crippen LogP contribution in [0, 0.1) is 5.92 Å². The lowest BCUT2D eigenvalue weighted by molar-refractivity contribution is -0.0497. The van der Waals surface area contributed by atoms with Crippen LogP contribution in [-0.4, -0.2) is 35.3 Å². The lowest BCUT2D eigenvalue weighted by Gasteiger charge is -2.27. The number of amides is 1. The molecule has 1 aliphatic rings. The minimum absolute atomic E-state index is 0. The summed E-state index contributed by atoms with van der Waals surface area (Å²) in [6, 6.07) is 6.23. The van der Waals surface area contributed by atoms with Crippen molar-refractivity contribution in [1.29, 1.82) is 0 Å². The molecule has 1 fully saturated rings. The summed E-state index contributed by atoms with van der Waals surface area (Å²) >= 11 is 0. The third-order valence-electron chi connectivity index (χ3n) is 4.58. The first-order valence-corrected chi connectivity index (χ1v) is 8.31. The average molecular weight is 352 g/mol. The number of fused-ring (bicyclic) bond motifs is 1. The van der Waals surface area contributed by atoms with Crippen molar-refractivity contribution in [2.45, 2.75) is 38.3 Å². The Morgan fingerprint density at radius 3 is 2.76 bits per heavy atom. The van der Waals surface area contributed by atoms with E-state index >= 15 is 0 Å². The van der Waals surface area contributed by atoms with Gasteiger partial charge in [-0.3, -0.25) is 9.78 Å². The maximum Gasteiger partial charge on any atom is 0.387 e. The highest BCUT2D eigenvalue weighted by Gasteiger charge is 2.22. The number of carbonyl (C=O) groups excluding carboxylic acids is 1. The number of ether oxygens (including phenoxy) is 1. The van der Waals surface area contributed by atoms with Crippen molar-refractivity contribution >= 4 is 16.8 Å². The van der Waals surface area contributed by atoms with E-state index in [2.05, 4.69) is 15.0 Å². The molecule has 0 radical (unpaired) electrons. The van der Waals surface area contributed by atoms with Crippen molar-refractivity contribution in [2.75, 3.05) is 6.61 Å². The van der Waals surface area contributed by atoms with Crippen LogP contribution in [0.2, 0.25) is 0 Å². The number of benzene rings is 1. The van der Waals surface area contributed by atoms with Crippen molar-refractivity contribution in [3.63, 3.8) is 0 Å². The molecular formula is C18H22F2N2O3. The molecule has 0 unspecified atom stereocenters. The number of aliphatic hydroxyl groups excluding tert-OH is 1. The largest absolute Gasteiger partial charge is 0.435 e. The number of pyridine rings is 1. The number of aliphatic hydroxyl groups is 1. The number of aromatic nitrogens is 1. The predicted molar refractivity (Wildman–Crippen MR) is 90.8 cm³/mol. The molecule has 1 saturated carbocycles. The molecule has 0 spiro atoms. The van der Waals surface area contributed by atoms with Gasteiger partial charge in [-0.1, -0.05) is 0 Å². The molecule has 0 bridgehead atoms. The van der Waals surface area contributed by atoms with Crippen LogP contribution in [0.5, 0.6) is 5.75 Å². The Morgan fingerprint density at radius 1 is 1.32 bits per heavy atom. The van der Waals surface area contributed by atoms with Crippen LogP contribution in [0.15, 0.2) is 30.5 Å². The Hall–Kier alpha value is -2.28. The molecule has 1 amide bonds. The number of hydrogen-bond acceptors (Lipinski definition) is 4. The fourth-order valence-electron chi connectivity index (χ4n) is 3.16. The van der Waals surface area contributed by atoms with Gasteiger partial charge in [-0.25, -0.2) is 0 Å². The third kappa shape index (κ3) is 4.42. The van der Waals surface area contributed by atoms with Gasteiger partial charge in [-0.05, 0) is 49.8 Å². The number of carbonyl (C=O) groups is 1. The number of alkyl halides is 2. The van der Waals surface area contributed by atoms with Gasteiger partial charge in [0.2, 0.25) is 0 Å². The second-order valence-corrected chi connectivity index (χ2v) is 6.33. The monoisotopic (exact) mass is 352 g/mol. The summed E-state index contributed by atoms with van der Waals surface area (Å²) in [4.78, 5) is 16.6. The van der Waals surface area contributed by atoms with Gasteiger partial charge in [-0.15, -0.1) is 0 Å². The molecule has 1 heterocycles. The normalized spacial score (nSPS) is 20.6. The second kappa shape index (κ2) is 7.74.